The lowest BCUT2D eigenvalue weighted by Crippen LogP contribution is -2.22. The van der Waals surface area contributed by atoms with Crippen molar-refractivity contribution in [2.45, 2.75) is 27.3 Å². The predicted molar refractivity (Wildman–Crippen MR) is 42.4 cm³/mol. The second-order valence-electron chi connectivity index (χ2n) is 3.86. The molecule has 0 aliphatic carbocycles. The quantitative estimate of drug-likeness (QED) is 0.615. The van der Waals surface area contributed by atoms with Gasteiger partial charge in [-0.1, -0.05) is 20.8 Å². The maximum atomic E-state index is 10.9. The second kappa shape index (κ2) is 2.57. The van der Waals surface area contributed by atoms with Gasteiger partial charge in [-0.15, -0.1) is 0 Å². The molecule has 0 atom stereocenters. The fraction of sp³-hybridized carbons (Fsp3) is 0.625. The summed E-state index contributed by atoms with van der Waals surface area (Å²) in [4.78, 5) is 10.9. The van der Waals surface area contributed by atoms with E-state index in [0.29, 0.717) is 6.54 Å². The van der Waals surface area contributed by atoms with Crippen molar-refractivity contribution in [3.8, 4) is 0 Å². The summed E-state index contributed by atoms with van der Waals surface area (Å²) >= 11 is 0. The van der Waals surface area contributed by atoms with Crippen molar-refractivity contribution >= 4 is 0 Å². The van der Waals surface area contributed by atoms with E-state index in [1.165, 1.54) is 6.26 Å². The topological polar surface area (TPSA) is 35.1 Å². The molecule has 0 aliphatic rings. The van der Waals surface area contributed by atoms with Crippen molar-refractivity contribution in [3.63, 3.8) is 0 Å². The van der Waals surface area contributed by atoms with Gasteiger partial charge in [-0.05, 0) is 5.41 Å². The zero-order valence-electron chi connectivity index (χ0n) is 7.13. The molecule has 1 aromatic rings. The number of rotatable bonds is 1. The van der Waals surface area contributed by atoms with Gasteiger partial charge in [0.2, 0.25) is 0 Å². The van der Waals surface area contributed by atoms with E-state index >= 15 is 0 Å². The van der Waals surface area contributed by atoms with Crippen LogP contribution in [0.4, 0.5) is 0 Å². The fourth-order valence-corrected chi connectivity index (χ4v) is 0.919. The van der Waals surface area contributed by atoms with Gasteiger partial charge in [0.05, 0.1) is 0 Å². The fourth-order valence-electron chi connectivity index (χ4n) is 0.919. The van der Waals surface area contributed by atoms with Gasteiger partial charge in [0.15, 0.2) is 0 Å². The third-order valence-corrected chi connectivity index (χ3v) is 1.29. The van der Waals surface area contributed by atoms with Crippen molar-refractivity contribution < 1.29 is 4.42 Å². The molecular formula is C8H13NO2. The third kappa shape index (κ3) is 2.26. The van der Waals surface area contributed by atoms with Gasteiger partial charge in [0.1, 0.15) is 6.26 Å². The highest BCUT2D eigenvalue weighted by atomic mass is 16.4. The van der Waals surface area contributed by atoms with Crippen LogP contribution in [0.15, 0.2) is 21.7 Å². The minimum absolute atomic E-state index is 0.119. The van der Waals surface area contributed by atoms with Gasteiger partial charge < -0.3 is 4.42 Å². The minimum Gasteiger partial charge on any atom is -0.416 e. The SMILES string of the molecule is CC(C)(C)Cn1ccoc1=O. The summed E-state index contributed by atoms with van der Waals surface area (Å²) < 4.78 is 6.19. The molecule has 0 saturated carbocycles. The Labute approximate surface area is 65.6 Å². The summed E-state index contributed by atoms with van der Waals surface area (Å²) in [6.45, 7) is 6.92. The van der Waals surface area contributed by atoms with Crippen molar-refractivity contribution in [3.05, 3.63) is 23.0 Å². The van der Waals surface area contributed by atoms with Crippen LogP contribution >= 0.6 is 0 Å². The first-order chi connectivity index (χ1) is 4.99. The molecule has 0 bridgehead atoms. The number of hydrogen-bond donors (Lipinski definition) is 0. The van der Waals surface area contributed by atoms with Crippen LogP contribution < -0.4 is 5.76 Å². The molecule has 1 rings (SSSR count). The van der Waals surface area contributed by atoms with E-state index in [1.54, 1.807) is 10.8 Å². The van der Waals surface area contributed by atoms with Crippen molar-refractivity contribution in [1.29, 1.82) is 0 Å². The van der Waals surface area contributed by atoms with E-state index in [0.717, 1.165) is 0 Å². The molecular weight excluding hydrogens is 142 g/mol. The van der Waals surface area contributed by atoms with Gasteiger partial charge in [0.25, 0.3) is 0 Å². The molecule has 0 unspecified atom stereocenters. The van der Waals surface area contributed by atoms with Crippen LogP contribution in [-0.4, -0.2) is 4.57 Å². The van der Waals surface area contributed by atoms with E-state index in [9.17, 15) is 4.79 Å². The predicted octanol–water partition coefficient (Wildman–Crippen LogP) is 1.49. The molecule has 3 nitrogen and oxygen atoms in total. The standard InChI is InChI=1S/C8H13NO2/c1-8(2,3)6-9-4-5-11-7(9)10/h4-5H,6H2,1-3H3. The highest BCUT2D eigenvalue weighted by Gasteiger charge is 2.12. The Hall–Kier alpha value is -0.990. The summed E-state index contributed by atoms with van der Waals surface area (Å²) in [5, 5.41) is 0. The second-order valence-corrected chi connectivity index (χ2v) is 3.86. The van der Waals surface area contributed by atoms with Gasteiger partial charge in [-0.25, -0.2) is 4.79 Å². The average Bonchev–Trinajstić information content (AvgIpc) is 2.12. The first-order valence-electron chi connectivity index (χ1n) is 3.63. The Morgan fingerprint density at radius 1 is 1.55 bits per heavy atom. The van der Waals surface area contributed by atoms with Gasteiger partial charge in [0, 0.05) is 12.7 Å². The molecule has 0 aromatic carbocycles. The van der Waals surface area contributed by atoms with Crippen LogP contribution in [0, 0.1) is 5.41 Å². The molecule has 0 spiro atoms. The summed E-state index contributed by atoms with van der Waals surface area (Å²) in [7, 11) is 0. The number of nitrogens with zero attached hydrogens (tertiary/aromatic N) is 1. The monoisotopic (exact) mass is 155 g/mol. The maximum Gasteiger partial charge on any atom is 0.418 e. The molecule has 0 N–H and O–H groups in total. The lowest BCUT2D eigenvalue weighted by atomic mass is 9.97. The summed E-state index contributed by atoms with van der Waals surface area (Å²) in [5.74, 6) is -0.278. The molecule has 0 aliphatic heterocycles. The van der Waals surface area contributed by atoms with Crippen LogP contribution in [0.1, 0.15) is 20.8 Å². The highest BCUT2D eigenvalue weighted by Crippen LogP contribution is 2.14. The van der Waals surface area contributed by atoms with Crippen LogP contribution in [0.2, 0.25) is 0 Å². The van der Waals surface area contributed by atoms with E-state index < -0.39 is 0 Å². The minimum atomic E-state index is -0.278. The van der Waals surface area contributed by atoms with Crippen molar-refractivity contribution in [1.82, 2.24) is 4.57 Å². The normalized spacial score (nSPS) is 11.9. The molecule has 62 valence electrons. The number of hydrogen-bond acceptors (Lipinski definition) is 2. The highest BCUT2D eigenvalue weighted by molar-refractivity contribution is 4.73. The van der Waals surface area contributed by atoms with E-state index in [2.05, 4.69) is 25.2 Å². The van der Waals surface area contributed by atoms with Gasteiger partial charge in [-0.3, -0.25) is 4.57 Å². The first-order valence-corrected chi connectivity index (χ1v) is 3.63. The number of aromatic nitrogens is 1. The van der Waals surface area contributed by atoms with Crippen LogP contribution in [0.5, 0.6) is 0 Å². The summed E-state index contributed by atoms with van der Waals surface area (Å²) in [6.07, 6.45) is 3.07. The van der Waals surface area contributed by atoms with Crippen molar-refractivity contribution in [2.75, 3.05) is 0 Å². The summed E-state index contributed by atoms with van der Waals surface area (Å²) in [6, 6.07) is 0. The molecule has 1 aromatic heterocycles. The number of oxazole rings is 1. The summed E-state index contributed by atoms with van der Waals surface area (Å²) in [5.41, 5.74) is 0.119. The van der Waals surface area contributed by atoms with Gasteiger partial charge >= 0.3 is 5.76 Å². The molecule has 0 fully saturated rings. The van der Waals surface area contributed by atoms with Gasteiger partial charge in [-0.2, -0.15) is 0 Å². The molecule has 3 heteroatoms. The zero-order valence-corrected chi connectivity index (χ0v) is 7.13. The maximum absolute atomic E-state index is 10.9. The van der Waals surface area contributed by atoms with Crippen LogP contribution in [0.3, 0.4) is 0 Å². The van der Waals surface area contributed by atoms with E-state index in [4.69, 9.17) is 0 Å². The Balaban J connectivity index is 2.80. The van der Waals surface area contributed by atoms with E-state index in [1.807, 2.05) is 0 Å². The molecule has 0 saturated heterocycles. The zero-order chi connectivity index (χ0) is 8.48. The lowest BCUT2D eigenvalue weighted by Gasteiger charge is -2.16. The Morgan fingerprint density at radius 3 is 2.55 bits per heavy atom. The van der Waals surface area contributed by atoms with Crippen molar-refractivity contribution in [2.24, 2.45) is 5.41 Å². The third-order valence-electron chi connectivity index (χ3n) is 1.29. The first kappa shape index (κ1) is 8.11. The van der Waals surface area contributed by atoms with E-state index in [-0.39, 0.29) is 11.2 Å². The molecule has 11 heavy (non-hydrogen) atoms. The smallest absolute Gasteiger partial charge is 0.416 e. The molecule has 1 heterocycles. The van der Waals surface area contributed by atoms with Crippen LogP contribution in [0.25, 0.3) is 0 Å². The molecule has 0 radical (unpaired) electrons. The largest absolute Gasteiger partial charge is 0.418 e. The lowest BCUT2D eigenvalue weighted by molar-refractivity contribution is 0.325. The Morgan fingerprint density at radius 2 is 2.18 bits per heavy atom. The Kier molecular flexibility index (Phi) is 1.89. The Bertz CT molecular complexity index is 277. The van der Waals surface area contributed by atoms with Crippen LogP contribution in [-0.2, 0) is 6.54 Å². The average molecular weight is 155 g/mol. The molecule has 0 amide bonds.